The molecule has 0 radical (unpaired) electrons. The van der Waals surface area contributed by atoms with Gasteiger partial charge >= 0.3 is 0 Å². The number of halogens is 1. The lowest BCUT2D eigenvalue weighted by molar-refractivity contribution is -0.125. The number of hydrogen-bond acceptors (Lipinski definition) is 5. The van der Waals surface area contributed by atoms with E-state index in [4.69, 9.17) is 9.47 Å². The molecule has 1 aromatic rings. The number of carbonyl (C=O) groups is 2. The average molecular weight is 400 g/mol. The van der Waals surface area contributed by atoms with Crippen molar-refractivity contribution >= 4 is 29.9 Å². The molecule has 0 aliphatic carbocycles. The fraction of sp³-hybridized carbons (Fsp3) is 0.579. The van der Waals surface area contributed by atoms with Gasteiger partial charge in [-0.05, 0) is 37.8 Å². The summed E-state index contributed by atoms with van der Waals surface area (Å²) in [6, 6.07) is 5.11. The van der Waals surface area contributed by atoms with Gasteiger partial charge in [-0.15, -0.1) is 12.4 Å². The lowest BCUT2D eigenvalue weighted by Gasteiger charge is -2.27. The molecule has 0 aromatic heterocycles. The highest BCUT2D eigenvalue weighted by Gasteiger charge is 2.22. The number of piperidine rings is 1. The monoisotopic (exact) mass is 399 g/mol. The maximum atomic E-state index is 12.1. The summed E-state index contributed by atoms with van der Waals surface area (Å²) in [5.41, 5.74) is 0.559. The SMILES string of the molecule is COc1cc(NC(=O)CNC(=O)CC(C)C2CCNCC2)cc(OC)c1.Cl. The zero-order chi connectivity index (χ0) is 18.9. The van der Waals surface area contributed by atoms with E-state index in [0.717, 1.165) is 25.9 Å². The van der Waals surface area contributed by atoms with Crippen molar-refractivity contribution in [3.05, 3.63) is 18.2 Å². The van der Waals surface area contributed by atoms with Gasteiger partial charge in [-0.2, -0.15) is 0 Å². The minimum Gasteiger partial charge on any atom is -0.497 e. The van der Waals surface area contributed by atoms with Gasteiger partial charge in [0.15, 0.2) is 0 Å². The maximum absolute atomic E-state index is 12.1. The fourth-order valence-electron chi connectivity index (χ4n) is 3.21. The van der Waals surface area contributed by atoms with E-state index in [2.05, 4.69) is 22.9 Å². The molecule has 1 unspecified atom stereocenters. The Kier molecular flexibility index (Phi) is 9.96. The van der Waals surface area contributed by atoms with Gasteiger partial charge in [0, 0.05) is 30.3 Å². The van der Waals surface area contributed by atoms with Crippen LogP contribution >= 0.6 is 12.4 Å². The van der Waals surface area contributed by atoms with E-state index in [1.807, 2.05) is 0 Å². The molecule has 1 fully saturated rings. The lowest BCUT2D eigenvalue weighted by Crippen LogP contribution is -2.36. The minimum atomic E-state index is -0.289. The summed E-state index contributed by atoms with van der Waals surface area (Å²) in [6.45, 7) is 4.08. The van der Waals surface area contributed by atoms with Crippen LogP contribution in [0.3, 0.4) is 0 Å². The van der Waals surface area contributed by atoms with Crippen molar-refractivity contribution in [1.82, 2.24) is 10.6 Å². The molecule has 1 aliphatic heterocycles. The summed E-state index contributed by atoms with van der Waals surface area (Å²) < 4.78 is 10.3. The fourth-order valence-corrected chi connectivity index (χ4v) is 3.21. The Labute approximate surface area is 167 Å². The first-order chi connectivity index (χ1) is 12.5. The van der Waals surface area contributed by atoms with Crippen LogP contribution in [0, 0.1) is 11.8 Å². The third kappa shape index (κ3) is 7.64. The summed E-state index contributed by atoms with van der Waals surface area (Å²) >= 11 is 0. The highest BCUT2D eigenvalue weighted by molar-refractivity contribution is 5.94. The molecule has 7 nitrogen and oxygen atoms in total. The second-order valence-corrected chi connectivity index (χ2v) is 6.70. The first-order valence-electron chi connectivity index (χ1n) is 9.02. The molecule has 1 aromatic carbocycles. The van der Waals surface area contributed by atoms with Crippen LogP contribution in [0.4, 0.5) is 5.69 Å². The van der Waals surface area contributed by atoms with Crippen LogP contribution in [-0.4, -0.2) is 45.7 Å². The van der Waals surface area contributed by atoms with Gasteiger partial charge in [0.05, 0.1) is 20.8 Å². The van der Waals surface area contributed by atoms with E-state index in [1.165, 1.54) is 0 Å². The van der Waals surface area contributed by atoms with Crippen LogP contribution in [0.1, 0.15) is 26.2 Å². The second-order valence-electron chi connectivity index (χ2n) is 6.70. The first kappa shape index (κ1) is 23.0. The first-order valence-corrected chi connectivity index (χ1v) is 9.02. The standard InChI is InChI=1S/C19H29N3O4.ClH/c1-13(14-4-6-20-7-5-14)8-18(23)21-12-19(24)22-15-9-16(25-2)11-17(10-15)26-3;/h9-11,13-14,20H,4-8,12H2,1-3H3,(H,21,23)(H,22,24);1H. The lowest BCUT2D eigenvalue weighted by atomic mass is 9.84. The molecule has 1 saturated heterocycles. The molecule has 1 heterocycles. The Morgan fingerprint density at radius 3 is 2.26 bits per heavy atom. The topological polar surface area (TPSA) is 88.7 Å². The quantitative estimate of drug-likeness (QED) is 0.623. The van der Waals surface area contributed by atoms with Crippen molar-refractivity contribution < 1.29 is 19.1 Å². The molecule has 0 saturated carbocycles. The van der Waals surface area contributed by atoms with Crippen LogP contribution in [0.2, 0.25) is 0 Å². The number of methoxy groups -OCH3 is 2. The Balaban J connectivity index is 0.00000364. The molecule has 2 amide bonds. The summed E-state index contributed by atoms with van der Waals surface area (Å²) in [7, 11) is 3.09. The highest BCUT2D eigenvalue weighted by atomic mass is 35.5. The Morgan fingerprint density at radius 1 is 1.11 bits per heavy atom. The molecule has 3 N–H and O–H groups in total. The molecular formula is C19H30ClN3O4. The van der Waals surface area contributed by atoms with Gasteiger partial charge < -0.3 is 25.4 Å². The van der Waals surface area contributed by atoms with Gasteiger partial charge in [0.25, 0.3) is 0 Å². The molecule has 2 rings (SSSR count). The van der Waals surface area contributed by atoms with Crippen molar-refractivity contribution in [2.45, 2.75) is 26.2 Å². The van der Waals surface area contributed by atoms with Crippen molar-refractivity contribution in [3.8, 4) is 11.5 Å². The van der Waals surface area contributed by atoms with Gasteiger partial charge in [0.2, 0.25) is 11.8 Å². The molecule has 1 aliphatic rings. The largest absolute Gasteiger partial charge is 0.497 e. The van der Waals surface area contributed by atoms with Crippen LogP contribution in [-0.2, 0) is 9.59 Å². The average Bonchev–Trinajstić information content (AvgIpc) is 2.66. The van der Waals surface area contributed by atoms with E-state index in [0.29, 0.717) is 35.4 Å². The van der Waals surface area contributed by atoms with Crippen molar-refractivity contribution in [1.29, 1.82) is 0 Å². The Morgan fingerprint density at radius 2 is 1.70 bits per heavy atom. The predicted octanol–water partition coefficient (Wildman–Crippen LogP) is 2.21. The molecule has 1 atom stereocenters. The van der Waals surface area contributed by atoms with E-state index in [1.54, 1.807) is 32.4 Å². The number of rotatable bonds is 8. The van der Waals surface area contributed by atoms with E-state index in [9.17, 15) is 9.59 Å². The number of anilines is 1. The summed E-state index contributed by atoms with van der Waals surface area (Å²) in [6.07, 6.45) is 2.66. The normalized spacial score (nSPS) is 15.2. The molecule has 0 spiro atoms. The molecule has 0 bridgehead atoms. The molecule has 8 heteroatoms. The predicted molar refractivity (Wildman–Crippen MR) is 108 cm³/mol. The molecule has 27 heavy (non-hydrogen) atoms. The molecule has 152 valence electrons. The van der Waals surface area contributed by atoms with Crippen molar-refractivity contribution in [2.75, 3.05) is 39.2 Å². The summed E-state index contributed by atoms with van der Waals surface area (Å²) in [4.78, 5) is 24.2. The highest BCUT2D eigenvalue weighted by Crippen LogP contribution is 2.26. The number of hydrogen-bond donors (Lipinski definition) is 3. The van der Waals surface area contributed by atoms with Crippen LogP contribution in [0.5, 0.6) is 11.5 Å². The molecular weight excluding hydrogens is 370 g/mol. The van der Waals surface area contributed by atoms with E-state index >= 15 is 0 Å². The second kappa shape index (κ2) is 11.7. The zero-order valence-electron chi connectivity index (χ0n) is 16.2. The van der Waals surface area contributed by atoms with Crippen LogP contribution in [0.15, 0.2) is 18.2 Å². The van der Waals surface area contributed by atoms with Gasteiger partial charge in [-0.3, -0.25) is 9.59 Å². The van der Waals surface area contributed by atoms with Crippen molar-refractivity contribution in [2.24, 2.45) is 11.8 Å². The van der Waals surface area contributed by atoms with Gasteiger partial charge in [0.1, 0.15) is 11.5 Å². The van der Waals surface area contributed by atoms with E-state index in [-0.39, 0.29) is 30.8 Å². The van der Waals surface area contributed by atoms with Gasteiger partial charge in [-0.1, -0.05) is 6.92 Å². The number of ether oxygens (including phenoxy) is 2. The zero-order valence-corrected chi connectivity index (χ0v) is 17.0. The smallest absolute Gasteiger partial charge is 0.243 e. The number of nitrogens with one attached hydrogen (secondary N) is 3. The third-order valence-electron chi connectivity index (χ3n) is 4.78. The number of benzene rings is 1. The number of amides is 2. The van der Waals surface area contributed by atoms with Crippen molar-refractivity contribution in [3.63, 3.8) is 0 Å². The van der Waals surface area contributed by atoms with Gasteiger partial charge in [-0.25, -0.2) is 0 Å². The third-order valence-corrected chi connectivity index (χ3v) is 4.78. The Bertz CT molecular complexity index is 599. The summed E-state index contributed by atoms with van der Waals surface area (Å²) in [5, 5.41) is 8.77. The van der Waals surface area contributed by atoms with E-state index < -0.39 is 0 Å². The Hall–Kier alpha value is -1.99. The van der Waals surface area contributed by atoms with Crippen LogP contribution < -0.4 is 25.4 Å². The maximum Gasteiger partial charge on any atom is 0.243 e. The van der Waals surface area contributed by atoms with Crippen LogP contribution in [0.25, 0.3) is 0 Å². The number of carbonyl (C=O) groups excluding carboxylic acids is 2. The minimum absolute atomic E-state index is 0. The summed E-state index contributed by atoms with van der Waals surface area (Å²) in [5.74, 6) is 1.68.